The van der Waals surface area contributed by atoms with Crippen molar-refractivity contribution < 1.29 is 9.53 Å². The van der Waals surface area contributed by atoms with Gasteiger partial charge in [0, 0.05) is 23.1 Å². The summed E-state index contributed by atoms with van der Waals surface area (Å²) in [5.41, 5.74) is 8.56. The fourth-order valence-corrected chi connectivity index (χ4v) is 2.43. The number of primary amides is 1. The largest absolute Gasteiger partial charge is 0.483 e. The van der Waals surface area contributed by atoms with Crippen LogP contribution >= 0.6 is 28.3 Å². The van der Waals surface area contributed by atoms with Crippen molar-refractivity contribution in [3.63, 3.8) is 0 Å². The van der Waals surface area contributed by atoms with E-state index in [0.29, 0.717) is 12.3 Å². The number of rotatable bonds is 7. The van der Waals surface area contributed by atoms with Gasteiger partial charge in [0.05, 0.1) is 0 Å². The Morgan fingerprint density at radius 1 is 1.17 bits per heavy atom. The third kappa shape index (κ3) is 6.60. The minimum Gasteiger partial charge on any atom is -0.483 e. The van der Waals surface area contributed by atoms with E-state index in [2.05, 4.69) is 52.4 Å². The van der Waals surface area contributed by atoms with Crippen molar-refractivity contribution in [2.24, 2.45) is 5.73 Å². The van der Waals surface area contributed by atoms with Crippen LogP contribution in [0.15, 0.2) is 46.9 Å². The molecule has 0 aliphatic rings. The molecule has 0 bridgehead atoms. The second-order valence-corrected chi connectivity index (χ2v) is 6.01. The van der Waals surface area contributed by atoms with Gasteiger partial charge in [0.2, 0.25) is 0 Å². The Hall–Kier alpha value is -1.56. The first-order valence-corrected chi connectivity index (χ1v) is 7.79. The number of hydrogen-bond donors (Lipinski definition) is 2. The van der Waals surface area contributed by atoms with Gasteiger partial charge in [0.25, 0.3) is 5.91 Å². The summed E-state index contributed by atoms with van der Waals surface area (Å²) in [6.45, 7) is 3.36. The molecule has 2 aromatic carbocycles. The third-order valence-corrected chi connectivity index (χ3v) is 3.65. The molecule has 0 aromatic heterocycles. The maximum atomic E-state index is 10.8. The Bertz CT molecular complexity index is 648. The van der Waals surface area contributed by atoms with Crippen LogP contribution in [0.2, 0.25) is 0 Å². The summed E-state index contributed by atoms with van der Waals surface area (Å²) >= 11 is 3.45. The van der Waals surface area contributed by atoms with Crippen LogP contribution in [0.3, 0.4) is 0 Å². The first-order valence-electron chi connectivity index (χ1n) is 7.00. The monoisotopic (exact) mass is 398 g/mol. The molecule has 0 heterocycles. The Morgan fingerprint density at radius 3 is 2.52 bits per heavy atom. The first kappa shape index (κ1) is 19.5. The zero-order valence-electron chi connectivity index (χ0n) is 12.8. The van der Waals surface area contributed by atoms with Crippen LogP contribution in [0, 0.1) is 6.92 Å². The van der Waals surface area contributed by atoms with Crippen molar-refractivity contribution >= 4 is 34.2 Å². The van der Waals surface area contributed by atoms with Gasteiger partial charge in [-0.05, 0) is 30.7 Å². The fraction of sp³-hybridized carbons (Fsp3) is 0.235. The lowest BCUT2D eigenvalue weighted by atomic mass is 10.1. The molecular formula is C17H20BrClN2O2. The molecule has 0 aliphatic carbocycles. The highest BCUT2D eigenvalue weighted by Crippen LogP contribution is 2.23. The molecule has 0 aliphatic heterocycles. The highest BCUT2D eigenvalue weighted by Gasteiger charge is 2.06. The van der Waals surface area contributed by atoms with Crippen molar-refractivity contribution in [2.75, 3.05) is 6.61 Å². The summed E-state index contributed by atoms with van der Waals surface area (Å²) in [4.78, 5) is 10.8. The lowest BCUT2D eigenvalue weighted by molar-refractivity contribution is -0.119. The highest BCUT2D eigenvalue weighted by molar-refractivity contribution is 9.10. The summed E-state index contributed by atoms with van der Waals surface area (Å²) in [7, 11) is 0. The molecule has 4 nitrogen and oxygen atoms in total. The Balaban J connectivity index is 0.00000264. The van der Waals surface area contributed by atoms with Gasteiger partial charge in [0.15, 0.2) is 6.61 Å². The maximum absolute atomic E-state index is 10.8. The Morgan fingerprint density at radius 2 is 1.87 bits per heavy atom. The summed E-state index contributed by atoms with van der Waals surface area (Å²) < 4.78 is 6.40. The van der Waals surface area contributed by atoms with Crippen LogP contribution in [0.5, 0.6) is 5.75 Å². The van der Waals surface area contributed by atoms with E-state index in [1.165, 1.54) is 11.1 Å². The number of halogens is 2. The second kappa shape index (κ2) is 9.55. The quantitative estimate of drug-likeness (QED) is 0.750. The van der Waals surface area contributed by atoms with Crippen LogP contribution in [-0.4, -0.2) is 12.5 Å². The van der Waals surface area contributed by atoms with E-state index < -0.39 is 5.91 Å². The van der Waals surface area contributed by atoms with Crippen LogP contribution < -0.4 is 15.8 Å². The number of aryl methyl sites for hydroxylation is 1. The van der Waals surface area contributed by atoms with Crippen LogP contribution in [0.25, 0.3) is 0 Å². The lowest BCUT2D eigenvalue weighted by Gasteiger charge is -2.12. The summed E-state index contributed by atoms with van der Waals surface area (Å²) in [5.74, 6) is 0.180. The number of carbonyl (C=O) groups is 1. The maximum Gasteiger partial charge on any atom is 0.255 e. The zero-order chi connectivity index (χ0) is 15.9. The minimum atomic E-state index is -0.485. The van der Waals surface area contributed by atoms with E-state index in [1.54, 1.807) is 0 Å². The SMILES string of the molecule is Cc1ccc(CNCc2cc(Br)ccc2OCC(N)=O)cc1.Cl. The number of nitrogens with one attached hydrogen (secondary N) is 1. The van der Waals surface area contributed by atoms with Gasteiger partial charge in [-0.1, -0.05) is 45.8 Å². The molecule has 0 saturated carbocycles. The van der Waals surface area contributed by atoms with Crippen molar-refractivity contribution in [1.29, 1.82) is 0 Å². The van der Waals surface area contributed by atoms with Crippen LogP contribution in [0.1, 0.15) is 16.7 Å². The predicted octanol–water partition coefficient (Wildman–Crippen LogP) is 3.33. The Labute approximate surface area is 150 Å². The standard InChI is InChI=1S/C17H19BrN2O2.ClH/c1-12-2-4-13(5-3-12)9-20-10-14-8-15(18)6-7-16(14)22-11-17(19)21;/h2-8,20H,9-11H2,1H3,(H2,19,21);1H. The van der Waals surface area contributed by atoms with Crippen LogP contribution in [-0.2, 0) is 17.9 Å². The van der Waals surface area contributed by atoms with Crippen molar-refractivity contribution in [2.45, 2.75) is 20.0 Å². The molecule has 2 rings (SSSR count). The fourth-order valence-electron chi connectivity index (χ4n) is 2.02. The van der Waals surface area contributed by atoms with Crippen molar-refractivity contribution in [3.8, 4) is 5.75 Å². The number of nitrogens with two attached hydrogens (primary N) is 1. The summed E-state index contributed by atoms with van der Waals surface area (Å²) in [5, 5.41) is 3.38. The molecular weight excluding hydrogens is 380 g/mol. The second-order valence-electron chi connectivity index (χ2n) is 5.10. The molecule has 3 N–H and O–H groups in total. The Kier molecular flexibility index (Phi) is 8.09. The van der Waals surface area contributed by atoms with E-state index in [0.717, 1.165) is 16.6 Å². The molecule has 0 radical (unpaired) electrons. The average Bonchev–Trinajstić information content (AvgIpc) is 2.48. The van der Waals surface area contributed by atoms with Gasteiger partial charge < -0.3 is 15.8 Å². The molecule has 0 unspecified atom stereocenters. The topological polar surface area (TPSA) is 64.3 Å². The van der Waals surface area contributed by atoms with Gasteiger partial charge in [0.1, 0.15) is 5.75 Å². The first-order chi connectivity index (χ1) is 10.5. The van der Waals surface area contributed by atoms with Gasteiger partial charge >= 0.3 is 0 Å². The van der Waals surface area contributed by atoms with Gasteiger partial charge in [-0.3, -0.25) is 4.79 Å². The van der Waals surface area contributed by atoms with Crippen LogP contribution in [0.4, 0.5) is 0 Å². The lowest BCUT2D eigenvalue weighted by Crippen LogP contribution is -2.21. The molecule has 6 heteroatoms. The molecule has 23 heavy (non-hydrogen) atoms. The van der Waals surface area contributed by atoms with Gasteiger partial charge in [-0.25, -0.2) is 0 Å². The molecule has 124 valence electrons. The predicted molar refractivity (Wildman–Crippen MR) is 97.8 cm³/mol. The summed E-state index contributed by atoms with van der Waals surface area (Å²) in [6, 6.07) is 14.1. The smallest absolute Gasteiger partial charge is 0.255 e. The van der Waals surface area contributed by atoms with Crippen molar-refractivity contribution in [3.05, 3.63) is 63.6 Å². The van der Waals surface area contributed by atoms with E-state index in [9.17, 15) is 4.79 Å². The van der Waals surface area contributed by atoms with E-state index in [1.807, 2.05) is 18.2 Å². The van der Waals surface area contributed by atoms with E-state index in [-0.39, 0.29) is 19.0 Å². The molecule has 0 fully saturated rings. The summed E-state index contributed by atoms with van der Waals surface area (Å²) in [6.07, 6.45) is 0. The van der Waals surface area contributed by atoms with E-state index >= 15 is 0 Å². The van der Waals surface area contributed by atoms with Gasteiger partial charge in [-0.2, -0.15) is 0 Å². The molecule has 0 atom stereocenters. The molecule has 2 aromatic rings. The number of benzene rings is 2. The molecule has 1 amide bonds. The minimum absolute atomic E-state index is 0. The van der Waals surface area contributed by atoms with Gasteiger partial charge in [-0.15, -0.1) is 12.4 Å². The van der Waals surface area contributed by atoms with Crippen molar-refractivity contribution in [1.82, 2.24) is 5.32 Å². The number of hydrogen-bond acceptors (Lipinski definition) is 3. The number of amides is 1. The third-order valence-electron chi connectivity index (χ3n) is 3.16. The average molecular weight is 400 g/mol. The zero-order valence-corrected chi connectivity index (χ0v) is 15.2. The molecule has 0 saturated heterocycles. The number of carbonyl (C=O) groups excluding carboxylic acids is 1. The highest BCUT2D eigenvalue weighted by atomic mass is 79.9. The van der Waals surface area contributed by atoms with E-state index in [4.69, 9.17) is 10.5 Å². The molecule has 0 spiro atoms. The normalized spacial score (nSPS) is 10.0. The number of ether oxygens (including phenoxy) is 1.